The van der Waals surface area contributed by atoms with Crippen LogP contribution in [-0.4, -0.2) is 30.2 Å². The van der Waals surface area contributed by atoms with E-state index in [1.807, 2.05) is 6.92 Å². The molecule has 1 fully saturated rings. The van der Waals surface area contributed by atoms with E-state index in [4.69, 9.17) is 9.94 Å². The van der Waals surface area contributed by atoms with Crippen molar-refractivity contribution in [2.24, 2.45) is 0 Å². The molecule has 0 spiro atoms. The number of hydrogen-bond donors (Lipinski definition) is 2. The largest absolute Gasteiger partial charge is 0.477 e. The van der Waals surface area contributed by atoms with Crippen molar-refractivity contribution in [2.45, 2.75) is 56.6 Å². The number of carboxylic acids is 1. The molecule has 1 aromatic rings. The minimum absolute atomic E-state index is 0.0434. The quantitative estimate of drug-likeness (QED) is 0.747. The van der Waals surface area contributed by atoms with E-state index < -0.39 is 16.0 Å². The van der Waals surface area contributed by atoms with Crippen LogP contribution < -0.4 is 4.89 Å². The predicted octanol–water partition coefficient (Wildman–Crippen LogP) is 1.75. The van der Waals surface area contributed by atoms with E-state index in [-0.39, 0.29) is 16.7 Å². The summed E-state index contributed by atoms with van der Waals surface area (Å²) in [6, 6.07) is 1.15. The Bertz CT molecular complexity index is 602. The first-order chi connectivity index (χ1) is 9.94. The third-order valence-corrected chi connectivity index (χ3v) is 4.65. The van der Waals surface area contributed by atoms with Crippen LogP contribution in [-0.2, 0) is 21.4 Å². The Labute approximate surface area is 123 Å². The molecule has 1 aliphatic carbocycles. The van der Waals surface area contributed by atoms with Crippen LogP contribution in [0.3, 0.4) is 0 Å². The predicted molar refractivity (Wildman–Crippen MR) is 75.3 cm³/mol. The highest BCUT2D eigenvalue weighted by atomic mass is 32.2. The van der Waals surface area contributed by atoms with Crippen molar-refractivity contribution < 1.29 is 23.2 Å². The van der Waals surface area contributed by atoms with Gasteiger partial charge in [0.25, 0.3) is 10.0 Å². The van der Waals surface area contributed by atoms with Crippen LogP contribution in [0.4, 0.5) is 0 Å². The molecule has 1 aromatic heterocycles. The second-order valence-electron chi connectivity index (χ2n) is 5.17. The Morgan fingerprint density at radius 2 is 2.14 bits per heavy atom. The number of carboxylic acid groups (broad SMARTS) is 1. The zero-order valence-corrected chi connectivity index (χ0v) is 12.7. The summed E-state index contributed by atoms with van der Waals surface area (Å²) < 4.78 is 25.7. The molecule has 8 heteroatoms. The number of sulfonamides is 1. The van der Waals surface area contributed by atoms with E-state index in [2.05, 4.69) is 4.89 Å². The lowest BCUT2D eigenvalue weighted by Gasteiger charge is -2.11. The van der Waals surface area contributed by atoms with E-state index in [1.165, 1.54) is 10.8 Å². The van der Waals surface area contributed by atoms with Crippen molar-refractivity contribution in [1.82, 2.24) is 9.45 Å². The van der Waals surface area contributed by atoms with E-state index in [9.17, 15) is 13.2 Å². The van der Waals surface area contributed by atoms with Gasteiger partial charge >= 0.3 is 5.97 Å². The van der Waals surface area contributed by atoms with E-state index in [0.717, 1.165) is 31.7 Å². The second kappa shape index (κ2) is 6.59. The Kier molecular flexibility index (Phi) is 5.02. The maximum absolute atomic E-state index is 12.1. The number of nitrogens with zero attached hydrogens (tertiary/aromatic N) is 1. The van der Waals surface area contributed by atoms with Gasteiger partial charge in [-0.05, 0) is 25.3 Å². The number of hydrogen-bond acceptors (Lipinski definition) is 4. The average Bonchev–Trinajstić information content (AvgIpc) is 3.06. The molecule has 0 saturated heterocycles. The first-order valence-electron chi connectivity index (χ1n) is 7.05. The third kappa shape index (κ3) is 3.84. The molecule has 0 radical (unpaired) electrons. The number of aryl methyl sites for hydroxylation is 1. The lowest BCUT2D eigenvalue weighted by atomic mass is 10.3. The molecule has 0 bridgehead atoms. The Morgan fingerprint density at radius 1 is 1.48 bits per heavy atom. The van der Waals surface area contributed by atoms with Crippen LogP contribution in [0.5, 0.6) is 0 Å². The molecule has 2 rings (SSSR count). The van der Waals surface area contributed by atoms with Gasteiger partial charge in [-0.3, -0.25) is 4.84 Å². The Hall–Kier alpha value is -1.38. The van der Waals surface area contributed by atoms with Crippen molar-refractivity contribution in [2.75, 3.05) is 0 Å². The highest BCUT2D eigenvalue weighted by molar-refractivity contribution is 7.89. The zero-order valence-electron chi connectivity index (χ0n) is 11.9. The lowest BCUT2D eigenvalue weighted by Crippen LogP contribution is -2.28. The van der Waals surface area contributed by atoms with Crippen LogP contribution in [0.1, 0.15) is 49.5 Å². The minimum atomic E-state index is -3.86. The molecule has 0 aliphatic heterocycles. The molecule has 1 heterocycles. The van der Waals surface area contributed by atoms with Gasteiger partial charge in [0.2, 0.25) is 0 Å². The average molecular weight is 316 g/mol. The molecule has 2 N–H and O–H groups in total. The molecular formula is C13H20N2O5S. The third-order valence-electron chi connectivity index (χ3n) is 3.49. The van der Waals surface area contributed by atoms with Gasteiger partial charge < -0.3 is 9.67 Å². The van der Waals surface area contributed by atoms with E-state index >= 15 is 0 Å². The minimum Gasteiger partial charge on any atom is -0.477 e. The Balaban J connectivity index is 2.14. The smallest absolute Gasteiger partial charge is 0.352 e. The van der Waals surface area contributed by atoms with Crippen LogP contribution in [0.15, 0.2) is 17.2 Å². The van der Waals surface area contributed by atoms with Gasteiger partial charge in [-0.1, -0.05) is 24.7 Å². The van der Waals surface area contributed by atoms with Gasteiger partial charge in [0, 0.05) is 12.7 Å². The summed E-state index contributed by atoms with van der Waals surface area (Å²) in [6.07, 6.45) is 5.66. The molecule has 0 atom stereocenters. The number of aromatic carboxylic acids is 1. The summed E-state index contributed by atoms with van der Waals surface area (Å²) in [4.78, 5) is 18.3. The van der Waals surface area contributed by atoms with Crippen molar-refractivity contribution in [1.29, 1.82) is 0 Å². The topological polar surface area (TPSA) is 97.6 Å². The molecule has 7 nitrogen and oxygen atoms in total. The van der Waals surface area contributed by atoms with Crippen LogP contribution in [0.2, 0.25) is 0 Å². The SMILES string of the molecule is CCCn1cc(S(=O)(=O)NOC2CCCC2)cc1C(=O)O. The van der Waals surface area contributed by atoms with Gasteiger partial charge in [0.05, 0.1) is 6.10 Å². The summed E-state index contributed by atoms with van der Waals surface area (Å²) in [5, 5.41) is 9.11. The Morgan fingerprint density at radius 3 is 2.71 bits per heavy atom. The van der Waals surface area contributed by atoms with E-state index in [0.29, 0.717) is 13.0 Å². The van der Waals surface area contributed by atoms with Crippen LogP contribution in [0, 0.1) is 0 Å². The molecule has 1 saturated carbocycles. The second-order valence-corrected chi connectivity index (χ2v) is 6.82. The molecule has 1 aliphatic rings. The first kappa shape index (κ1) is 16.0. The fourth-order valence-electron chi connectivity index (χ4n) is 2.42. The molecule has 0 unspecified atom stereocenters. The number of carbonyl (C=O) groups is 1. The number of nitrogens with one attached hydrogen (secondary N) is 1. The summed E-state index contributed by atoms with van der Waals surface area (Å²) in [6.45, 7) is 2.34. The maximum atomic E-state index is 12.1. The zero-order chi connectivity index (χ0) is 15.5. The fraction of sp³-hybridized carbons (Fsp3) is 0.615. The van der Waals surface area contributed by atoms with E-state index in [1.54, 1.807) is 0 Å². The van der Waals surface area contributed by atoms with Crippen molar-refractivity contribution in [3.05, 3.63) is 18.0 Å². The normalized spacial score (nSPS) is 16.4. The van der Waals surface area contributed by atoms with Crippen LogP contribution in [0.25, 0.3) is 0 Å². The summed E-state index contributed by atoms with van der Waals surface area (Å²) >= 11 is 0. The summed E-state index contributed by atoms with van der Waals surface area (Å²) in [5.41, 5.74) is -0.0434. The van der Waals surface area contributed by atoms with Crippen molar-refractivity contribution in [3.8, 4) is 0 Å². The highest BCUT2D eigenvalue weighted by Gasteiger charge is 2.24. The number of aromatic nitrogens is 1. The molecule has 21 heavy (non-hydrogen) atoms. The summed E-state index contributed by atoms with van der Waals surface area (Å²) in [5.74, 6) is -1.15. The van der Waals surface area contributed by atoms with Gasteiger partial charge in [0.1, 0.15) is 10.6 Å². The monoisotopic (exact) mass is 316 g/mol. The van der Waals surface area contributed by atoms with Gasteiger partial charge in [-0.25, -0.2) is 13.2 Å². The molecule has 0 aromatic carbocycles. The van der Waals surface area contributed by atoms with Crippen LogP contribution >= 0.6 is 0 Å². The molecule has 0 amide bonds. The van der Waals surface area contributed by atoms with Crippen molar-refractivity contribution >= 4 is 16.0 Å². The van der Waals surface area contributed by atoms with Gasteiger partial charge in [-0.15, -0.1) is 0 Å². The molecular weight excluding hydrogens is 296 g/mol. The molecule has 118 valence electrons. The number of rotatable bonds is 7. The standard InChI is InChI=1S/C13H20N2O5S/c1-2-7-15-9-11(8-12(15)13(16)17)21(18,19)14-20-10-5-3-4-6-10/h8-10,14H,2-7H2,1H3,(H,16,17). The van der Waals surface area contributed by atoms with Gasteiger partial charge in [0.15, 0.2) is 0 Å². The summed E-state index contributed by atoms with van der Waals surface area (Å²) in [7, 11) is -3.86. The highest BCUT2D eigenvalue weighted by Crippen LogP contribution is 2.21. The maximum Gasteiger partial charge on any atom is 0.352 e. The lowest BCUT2D eigenvalue weighted by molar-refractivity contribution is 0.0223. The fourth-order valence-corrected chi connectivity index (χ4v) is 3.31. The first-order valence-corrected chi connectivity index (χ1v) is 8.53. The van der Waals surface area contributed by atoms with Gasteiger partial charge in [-0.2, -0.15) is 0 Å². The van der Waals surface area contributed by atoms with Crippen molar-refractivity contribution in [3.63, 3.8) is 0 Å².